The summed E-state index contributed by atoms with van der Waals surface area (Å²) in [5.74, 6) is -0.975. The molecule has 0 aliphatic carbocycles. The number of ether oxygens (including phenoxy) is 1. The maximum atomic E-state index is 13.7. The van der Waals surface area contributed by atoms with Crippen molar-refractivity contribution in [3.8, 4) is 11.7 Å². The Kier molecular flexibility index (Phi) is 4.53. The van der Waals surface area contributed by atoms with E-state index in [0.717, 1.165) is 17.5 Å². The van der Waals surface area contributed by atoms with Gasteiger partial charge in [-0.2, -0.15) is 4.98 Å². The lowest BCUT2D eigenvalue weighted by Gasteiger charge is -2.12. The number of nitrogens with zero attached hydrogens (tertiary/aromatic N) is 2. The van der Waals surface area contributed by atoms with Crippen molar-refractivity contribution in [1.82, 2.24) is 9.55 Å². The van der Waals surface area contributed by atoms with Gasteiger partial charge in [-0.15, -0.1) is 0 Å². The monoisotopic (exact) mass is 348 g/mol. The molecule has 0 aliphatic heterocycles. The summed E-state index contributed by atoms with van der Waals surface area (Å²) in [5.41, 5.74) is 2.13. The van der Waals surface area contributed by atoms with Crippen LogP contribution >= 0.6 is 11.6 Å². The number of rotatable bonds is 4. The highest BCUT2D eigenvalue weighted by Crippen LogP contribution is 2.23. The van der Waals surface area contributed by atoms with Gasteiger partial charge in [0.1, 0.15) is 12.4 Å². The number of aryl methyl sites for hydroxylation is 2. The first kappa shape index (κ1) is 16.5. The SMILES string of the molecule is Cc1ccc(C)n1-c1cc(Cl)cc(OCc2cccc(F)c2F)n1. The minimum Gasteiger partial charge on any atom is -0.473 e. The standard InChI is InChI=1S/C18H15ClF2N2O/c1-11-6-7-12(2)23(11)16-8-14(19)9-17(22-16)24-10-13-4-3-5-15(20)18(13)21/h3-9H,10H2,1-2H3. The van der Waals surface area contributed by atoms with Crippen LogP contribution in [-0.4, -0.2) is 9.55 Å². The third-order valence-electron chi connectivity index (χ3n) is 3.66. The summed E-state index contributed by atoms with van der Waals surface area (Å²) in [6.07, 6.45) is 0. The van der Waals surface area contributed by atoms with Crippen molar-refractivity contribution in [3.63, 3.8) is 0 Å². The molecule has 3 nitrogen and oxygen atoms in total. The molecule has 0 saturated heterocycles. The van der Waals surface area contributed by atoms with Gasteiger partial charge in [0, 0.05) is 34.1 Å². The minimum absolute atomic E-state index is 0.117. The highest BCUT2D eigenvalue weighted by Gasteiger charge is 2.11. The van der Waals surface area contributed by atoms with Gasteiger partial charge in [0.25, 0.3) is 0 Å². The van der Waals surface area contributed by atoms with E-state index in [9.17, 15) is 8.78 Å². The molecule has 2 heterocycles. The molecule has 0 aliphatic rings. The smallest absolute Gasteiger partial charge is 0.217 e. The summed E-state index contributed by atoms with van der Waals surface area (Å²) in [5, 5.41) is 0.446. The molecule has 1 aromatic carbocycles. The fourth-order valence-electron chi connectivity index (χ4n) is 2.49. The Hall–Kier alpha value is -2.40. The van der Waals surface area contributed by atoms with Gasteiger partial charge in [0.05, 0.1) is 0 Å². The molecule has 0 N–H and O–H groups in total. The van der Waals surface area contributed by atoms with Crippen molar-refractivity contribution in [3.05, 3.63) is 76.1 Å². The summed E-state index contributed by atoms with van der Waals surface area (Å²) in [7, 11) is 0. The minimum atomic E-state index is -0.920. The van der Waals surface area contributed by atoms with Crippen LogP contribution in [0, 0.1) is 25.5 Å². The molecule has 0 saturated carbocycles. The van der Waals surface area contributed by atoms with Gasteiger partial charge in [0.2, 0.25) is 5.88 Å². The van der Waals surface area contributed by atoms with E-state index in [1.807, 2.05) is 30.5 Å². The van der Waals surface area contributed by atoms with Crippen LogP contribution in [0.15, 0.2) is 42.5 Å². The average molecular weight is 349 g/mol. The zero-order valence-corrected chi connectivity index (χ0v) is 13.9. The normalized spacial score (nSPS) is 10.9. The predicted octanol–water partition coefficient (Wildman–Crippen LogP) is 5.00. The Balaban J connectivity index is 1.88. The van der Waals surface area contributed by atoms with Gasteiger partial charge in [-0.25, -0.2) is 8.78 Å². The third kappa shape index (κ3) is 3.26. The summed E-state index contributed by atoms with van der Waals surface area (Å²) in [6, 6.07) is 11.2. The van der Waals surface area contributed by atoms with E-state index in [0.29, 0.717) is 10.8 Å². The van der Waals surface area contributed by atoms with Crippen molar-refractivity contribution >= 4 is 11.6 Å². The maximum absolute atomic E-state index is 13.7. The molecule has 24 heavy (non-hydrogen) atoms. The van der Waals surface area contributed by atoms with Crippen molar-refractivity contribution in [2.45, 2.75) is 20.5 Å². The molecule has 0 bridgehead atoms. The third-order valence-corrected chi connectivity index (χ3v) is 3.88. The van der Waals surface area contributed by atoms with Crippen LogP contribution in [0.5, 0.6) is 5.88 Å². The van der Waals surface area contributed by atoms with Gasteiger partial charge >= 0.3 is 0 Å². The predicted molar refractivity (Wildman–Crippen MR) is 88.7 cm³/mol. The van der Waals surface area contributed by atoms with E-state index < -0.39 is 11.6 Å². The Morgan fingerprint density at radius 1 is 1.08 bits per heavy atom. The summed E-state index contributed by atoms with van der Waals surface area (Å²) in [4.78, 5) is 4.40. The second-order valence-corrected chi connectivity index (χ2v) is 5.87. The van der Waals surface area contributed by atoms with Crippen LogP contribution in [0.2, 0.25) is 5.02 Å². The Labute approximate surface area is 143 Å². The first-order valence-corrected chi connectivity index (χ1v) is 7.72. The second-order valence-electron chi connectivity index (χ2n) is 5.43. The van der Waals surface area contributed by atoms with Crippen molar-refractivity contribution in [1.29, 1.82) is 0 Å². The molecule has 0 amide bonds. The van der Waals surface area contributed by atoms with Crippen molar-refractivity contribution in [2.24, 2.45) is 0 Å². The molecule has 6 heteroatoms. The fourth-order valence-corrected chi connectivity index (χ4v) is 2.68. The van der Waals surface area contributed by atoms with E-state index in [2.05, 4.69) is 4.98 Å². The lowest BCUT2D eigenvalue weighted by Crippen LogP contribution is -2.05. The second kappa shape index (κ2) is 6.61. The molecule has 3 aromatic rings. The molecular formula is C18H15ClF2N2O. The van der Waals surface area contributed by atoms with E-state index in [-0.39, 0.29) is 18.1 Å². The average Bonchev–Trinajstić information content (AvgIpc) is 2.87. The van der Waals surface area contributed by atoms with Crippen LogP contribution in [0.3, 0.4) is 0 Å². The van der Waals surface area contributed by atoms with Gasteiger partial charge < -0.3 is 9.30 Å². The molecule has 3 rings (SSSR count). The highest BCUT2D eigenvalue weighted by molar-refractivity contribution is 6.30. The molecule has 2 aromatic heterocycles. The number of aromatic nitrogens is 2. The summed E-state index contributed by atoms with van der Waals surface area (Å²) in [6.45, 7) is 3.77. The number of hydrogen-bond acceptors (Lipinski definition) is 2. The number of benzene rings is 1. The van der Waals surface area contributed by atoms with Crippen LogP contribution in [0.25, 0.3) is 5.82 Å². The zero-order valence-electron chi connectivity index (χ0n) is 13.2. The first-order valence-electron chi connectivity index (χ1n) is 7.34. The van der Waals surface area contributed by atoms with Gasteiger partial charge in [-0.3, -0.25) is 0 Å². The van der Waals surface area contributed by atoms with E-state index in [1.165, 1.54) is 18.2 Å². The lowest BCUT2D eigenvalue weighted by atomic mass is 10.2. The molecule has 0 atom stereocenters. The van der Waals surface area contributed by atoms with E-state index >= 15 is 0 Å². The Morgan fingerprint density at radius 3 is 2.50 bits per heavy atom. The lowest BCUT2D eigenvalue weighted by molar-refractivity contribution is 0.285. The quantitative estimate of drug-likeness (QED) is 0.663. The molecule has 0 unspecified atom stereocenters. The number of pyridine rings is 1. The van der Waals surface area contributed by atoms with Crippen LogP contribution in [0.4, 0.5) is 8.78 Å². The maximum Gasteiger partial charge on any atom is 0.217 e. The molecule has 0 fully saturated rings. The Bertz CT molecular complexity index is 873. The Morgan fingerprint density at radius 2 is 1.79 bits per heavy atom. The number of halogens is 3. The largest absolute Gasteiger partial charge is 0.473 e. The summed E-state index contributed by atoms with van der Waals surface area (Å²) < 4.78 is 34.4. The van der Waals surface area contributed by atoms with Crippen LogP contribution < -0.4 is 4.74 Å². The van der Waals surface area contributed by atoms with Gasteiger partial charge in [-0.05, 0) is 32.0 Å². The van der Waals surface area contributed by atoms with Crippen LogP contribution in [0.1, 0.15) is 17.0 Å². The van der Waals surface area contributed by atoms with Gasteiger partial charge in [0.15, 0.2) is 11.6 Å². The zero-order chi connectivity index (χ0) is 17.3. The van der Waals surface area contributed by atoms with Crippen molar-refractivity contribution < 1.29 is 13.5 Å². The highest BCUT2D eigenvalue weighted by atomic mass is 35.5. The molecule has 124 valence electrons. The fraction of sp³-hybridized carbons (Fsp3) is 0.167. The van der Waals surface area contributed by atoms with Crippen LogP contribution in [-0.2, 0) is 6.61 Å². The summed E-state index contributed by atoms with van der Waals surface area (Å²) >= 11 is 6.14. The van der Waals surface area contributed by atoms with Crippen molar-refractivity contribution in [2.75, 3.05) is 0 Å². The molecule has 0 spiro atoms. The van der Waals surface area contributed by atoms with E-state index in [1.54, 1.807) is 6.07 Å². The first-order chi connectivity index (χ1) is 11.5. The van der Waals surface area contributed by atoms with Gasteiger partial charge in [-0.1, -0.05) is 23.7 Å². The topological polar surface area (TPSA) is 27.1 Å². The molecule has 0 radical (unpaired) electrons. The number of hydrogen-bond donors (Lipinski definition) is 0. The van der Waals surface area contributed by atoms with E-state index in [4.69, 9.17) is 16.3 Å². The molecular weight excluding hydrogens is 334 g/mol.